The Hall–Kier alpha value is -2.04. The van der Waals surface area contributed by atoms with Gasteiger partial charge in [-0.15, -0.1) is 0 Å². The Morgan fingerprint density at radius 3 is 2.33 bits per heavy atom. The van der Waals surface area contributed by atoms with E-state index < -0.39 is 11.6 Å². The number of nitrogens with zero attached hydrogens (tertiary/aromatic N) is 2. The Balaban J connectivity index is 2.28. The van der Waals surface area contributed by atoms with E-state index in [1.807, 2.05) is 13.8 Å². The van der Waals surface area contributed by atoms with Gasteiger partial charge in [-0.1, -0.05) is 0 Å². The first kappa shape index (κ1) is 12.4. The number of aromatic nitrogens is 2. The second-order valence-corrected chi connectivity index (χ2v) is 4.22. The van der Waals surface area contributed by atoms with Gasteiger partial charge >= 0.3 is 0 Å². The summed E-state index contributed by atoms with van der Waals surface area (Å²) in [4.78, 5) is 8.15. The molecule has 3 nitrogen and oxygen atoms in total. The third kappa shape index (κ3) is 2.80. The van der Waals surface area contributed by atoms with E-state index in [0.717, 1.165) is 6.07 Å². The molecule has 0 atom stereocenters. The first-order valence-electron chi connectivity index (χ1n) is 5.60. The van der Waals surface area contributed by atoms with Gasteiger partial charge < -0.3 is 5.32 Å². The van der Waals surface area contributed by atoms with Gasteiger partial charge in [0.25, 0.3) is 0 Å². The molecule has 0 unspecified atom stereocenters. The summed E-state index contributed by atoms with van der Waals surface area (Å²) in [5.74, 6) is -0.741. The standard InChI is InChI=1S/C13H13F2N3/c1-8(2)18-13-16-6-9(7-17-13)11-4-3-10(14)5-12(11)15/h3-8H,1-2H3,(H,16,17,18). The van der Waals surface area contributed by atoms with Crippen molar-refractivity contribution in [2.45, 2.75) is 19.9 Å². The third-order valence-electron chi connectivity index (χ3n) is 2.31. The quantitative estimate of drug-likeness (QED) is 0.907. The summed E-state index contributed by atoms with van der Waals surface area (Å²) < 4.78 is 26.3. The molecule has 1 aromatic heterocycles. The van der Waals surface area contributed by atoms with Crippen LogP contribution in [0.25, 0.3) is 11.1 Å². The Bertz CT molecular complexity index is 538. The highest BCUT2D eigenvalue weighted by molar-refractivity contribution is 5.62. The summed E-state index contributed by atoms with van der Waals surface area (Å²) >= 11 is 0. The van der Waals surface area contributed by atoms with Crippen LogP contribution >= 0.6 is 0 Å². The lowest BCUT2D eigenvalue weighted by Gasteiger charge is -2.08. The van der Waals surface area contributed by atoms with E-state index in [-0.39, 0.29) is 11.6 Å². The van der Waals surface area contributed by atoms with Gasteiger partial charge in [-0.25, -0.2) is 18.7 Å². The average Bonchev–Trinajstić information content (AvgIpc) is 2.30. The minimum absolute atomic E-state index is 0.221. The molecule has 0 fully saturated rings. The highest BCUT2D eigenvalue weighted by atomic mass is 19.1. The summed E-state index contributed by atoms with van der Waals surface area (Å²) in [6, 6.07) is 3.64. The lowest BCUT2D eigenvalue weighted by molar-refractivity contribution is 0.585. The molecule has 0 bridgehead atoms. The molecule has 0 saturated heterocycles. The molecule has 1 heterocycles. The molecular formula is C13H13F2N3. The zero-order valence-corrected chi connectivity index (χ0v) is 10.1. The monoisotopic (exact) mass is 249 g/mol. The average molecular weight is 249 g/mol. The molecule has 2 rings (SSSR count). The molecule has 1 N–H and O–H groups in total. The van der Waals surface area contributed by atoms with Gasteiger partial charge in [0.05, 0.1) is 0 Å². The minimum atomic E-state index is -0.622. The number of hydrogen-bond donors (Lipinski definition) is 1. The van der Waals surface area contributed by atoms with E-state index >= 15 is 0 Å². The van der Waals surface area contributed by atoms with Crippen LogP contribution in [0, 0.1) is 11.6 Å². The van der Waals surface area contributed by atoms with E-state index in [1.165, 1.54) is 24.5 Å². The Morgan fingerprint density at radius 2 is 1.78 bits per heavy atom. The lowest BCUT2D eigenvalue weighted by atomic mass is 10.1. The van der Waals surface area contributed by atoms with Crippen LogP contribution in [-0.4, -0.2) is 16.0 Å². The number of hydrogen-bond acceptors (Lipinski definition) is 3. The van der Waals surface area contributed by atoms with Crippen molar-refractivity contribution in [2.75, 3.05) is 5.32 Å². The molecule has 1 aromatic carbocycles. The van der Waals surface area contributed by atoms with Crippen molar-refractivity contribution in [3.05, 3.63) is 42.2 Å². The predicted octanol–water partition coefficient (Wildman–Crippen LogP) is 3.24. The molecule has 0 aliphatic carbocycles. The second-order valence-electron chi connectivity index (χ2n) is 4.22. The molecule has 2 aromatic rings. The molecule has 5 heteroatoms. The van der Waals surface area contributed by atoms with Gasteiger partial charge in [0, 0.05) is 35.6 Å². The van der Waals surface area contributed by atoms with E-state index in [9.17, 15) is 8.78 Å². The summed E-state index contributed by atoms with van der Waals surface area (Å²) in [5, 5.41) is 3.03. The van der Waals surface area contributed by atoms with Crippen molar-refractivity contribution in [3.8, 4) is 11.1 Å². The molecule has 0 aliphatic heterocycles. The van der Waals surface area contributed by atoms with Crippen LogP contribution in [0.1, 0.15) is 13.8 Å². The van der Waals surface area contributed by atoms with Crippen LogP contribution in [0.5, 0.6) is 0 Å². The molecular weight excluding hydrogens is 236 g/mol. The highest BCUT2D eigenvalue weighted by Gasteiger charge is 2.07. The zero-order chi connectivity index (χ0) is 13.1. The number of halogens is 2. The fourth-order valence-corrected chi connectivity index (χ4v) is 1.52. The lowest BCUT2D eigenvalue weighted by Crippen LogP contribution is -2.12. The number of anilines is 1. The van der Waals surface area contributed by atoms with E-state index in [4.69, 9.17) is 0 Å². The summed E-state index contributed by atoms with van der Waals surface area (Å²) in [6.45, 7) is 3.94. The molecule has 0 aliphatic rings. The Morgan fingerprint density at radius 1 is 1.11 bits per heavy atom. The molecule has 94 valence electrons. The van der Waals surface area contributed by atoms with Gasteiger partial charge in [-0.3, -0.25) is 0 Å². The van der Waals surface area contributed by atoms with Gasteiger partial charge in [-0.05, 0) is 26.0 Å². The SMILES string of the molecule is CC(C)Nc1ncc(-c2ccc(F)cc2F)cn1. The van der Waals surface area contributed by atoms with E-state index in [0.29, 0.717) is 11.5 Å². The maximum atomic E-state index is 13.5. The van der Waals surface area contributed by atoms with E-state index in [2.05, 4.69) is 15.3 Å². The second kappa shape index (κ2) is 5.08. The van der Waals surface area contributed by atoms with Gasteiger partial charge in [0.1, 0.15) is 11.6 Å². The first-order chi connectivity index (χ1) is 8.56. The first-order valence-corrected chi connectivity index (χ1v) is 5.60. The van der Waals surface area contributed by atoms with Gasteiger partial charge in [-0.2, -0.15) is 0 Å². The minimum Gasteiger partial charge on any atom is -0.352 e. The smallest absolute Gasteiger partial charge is 0.222 e. The molecule has 0 radical (unpaired) electrons. The maximum absolute atomic E-state index is 13.5. The van der Waals surface area contributed by atoms with Crippen LogP contribution in [0.2, 0.25) is 0 Å². The molecule has 0 spiro atoms. The normalized spacial score (nSPS) is 10.7. The van der Waals surface area contributed by atoms with Gasteiger partial charge in [0.15, 0.2) is 0 Å². The fraction of sp³-hybridized carbons (Fsp3) is 0.231. The topological polar surface area (TPSA) is 37.8 Å². The van der Waals surface area contributed by atoms with Crippen molar-refractivity contribution in [3.63, 3.8) is 0 Å². The number of benzene rings is 1. The van der Waals surface area contributed by atoms with Crippen molar-refractivity contribution < 1.29 is 8.78 Å². The Kier molecular flexibility index (Phi) is 3.50. The maximum Gasteiger partial charge on any atom is 0.222 e. The number of nitrogens with one attached hydrogen (secondary N) is 1. The molecule has 0 saturated carbocycles. The van der Waals surface area contributed by atoms with Crippen molar-refractivity contribution in [1.82, 2.24) is 9.97 Å². The van der Waals surface area contributed by atoms with Crippen LogP contribution < -0.4 is 5.32 Å². The summed E-state index contributed by atoms with van der Waals surface area (Å²) in [5.41, 5.74) is 0.800. The fourth-order valence-electron chi connectivity index (χ4n) is 1.52. The van der Waals surface area contributed by atoms with Crippen LogP contribution in [0.4, 0.5) is 14.7 Å². The van der Waals surface area contributed by atoms with Crippen molar-refractivity contribution >= 4 is 5.95 Å². The number of rotatable bonds is 3. The van der Waals surface area contributed by atoms with Crippen molar-refractivity contribution in [2.24, 2.45) is 0 Å². The van der Waals surface area contributed by atoms with Crippen LogP contribution in [0.15, 0.2) is 30.6 Å². The molecule has 0 amide bonds. The van der Waals surface area contributed by atoms with Crippen molar-refractivity contribution in [1.29, 1.82) is 0 Å². The summed E-state index contributed by atoms with van der Waals surface area (Å²) in [7, 11) is 0. The van der Waals surface area contributed by atoms with E-state index in [1.54, 1.807) is 0 Å². The highest BCUT2D eigenvalue weighted by Crippen LogP contribution is 2.22. The van der Waals surface area contributed by atoms with Gasteiger partial charge in [0.2, 0.25) is 5.95 Å². The largest absolute Gasteiger partial charge is 0.352 e. The van der Waals surface area contributed by atoms with Crippen LogP contribution in [0.3, 0.4) is 0 Å². The molecule has 18 heavy (non-hydrogen) atoms. The Labute approximate surface area is 104 Å². The van der Waals surface area contributed by atoms with Crippen LogP contribution in [-0.2, 0) is 0 Å². The zero-order valence-electron chi connectivity index (χ0n) is 10.1. The predicted molar refractivity (Wildman–Crippen MR) is 66.1 cm³/mol. The third-order valence-corrected chi connectivity index (χ3v) is 2.31. The summed E-state index contributed by atoms with van der Waals surface area (Å²) in [6.07, 6.45) is 3.02.